The lowest BCUT2D eigenvalue weighted by molar-refractivity contribution is -0.156. The summed E-state index contributed by atoms with van der Waals surface area (Å²) in [5.41, 5.74) is -0.120. The van der Waals surface area contributed by atoms with Crippen LogP contribution in [0.4, 0.5) is 0 Å². The van der Waals surface area contributed by atoms with E-state index >= 15 is 0 Å². The zero-order valence-corrected chi connectivity index (χ0v) is 22.7. The fraction of sp³-hybridized carbons (Fsp3) is 0.500. The van der Waals surface area contributed by atoms with Crippen LogP contribution in [0.15, 0.2) is 42.6 Å². The van der Waals surface area contributed by atoms with Gasteiger partial charge in [0.25, 0.3) is 5.91 Å². The number of pyridine rings is 1. The van der Waals surface area contributed by atoms with Crippen molar-refractivity contribution in [2.24, 2.45) is 5.92 Å². The number of rotatable bonds is 11. The number of para-hydroxylation sites is 1. The van der Waals surface area contributed by atoms with E-state index in [4.69, 9.17) is 28.4 Å². The summed E-state index contributed by atoms with van der Waals surface area (Å²) in [5.74, 6) is -0.839. The molecule has 0 unspecified atom stereocenters. The molecule has 1 saturated heterocycles. The number of benzene rings is 1. The summed E-state index contributed by atoms with van der Waals surface area (Å²) in [7, 11) is 3.05. The first-order valence-electron chi connectivity index (χ1n) is 12.8. The van der Waals surface area contributed by atoms with Crippen molar-refractivity contribution >= 4 is 17.8 Å². The highest BCUT2D eigenvalue weighted by molar-refractivity contribution is 5.98. The number of cyclic esters (lactones) is 1. The second kappa shape index (κ2) is 14.9. The quantitative estimate of drug-likeness (QED) is 0.332. The summed E-state index contributed by atoms with van der Waals surface area (Å²) in [6.07, 6.45) is 2.84. The maximum absolute atomic E-state index is 13.3. The Morgan fingerprint density at radius 3 is 2.59 bits per heavy atom. The van der Waals surface area contributed by atoms with Gasteiger partial charge >= 0.3 is 11.9 Å². The SMILES string of the molecule is COCC[C@H]1CCC[C@H](NC(=O)c2nccc(OC)c2OCOC(C)=O)C(=O)O[C@@H](C)[C@@H]1Oc1ccccc1. The Morgan fingerprint density at radius 1 is 1.13 bits per heavy atom. The van der Waals surface area contributed by atoms with Crippen molar-refractivity contribution in [3.8, 4) is 17.2 Å². The maximum Gasteiger partial charge on any atom is 0.329 e. The number of methoxy groups -OCH3 is 2. The van der Waals surface area contributed by atoms with Gasteiger partial charge in [-0.15, -0.1) is 0 Å². The number of nitrogens with one attached hydrogen (secondary N) is 1. The molecule has 1 amide bonds. The lowest BCUT2D eigenvalue weighted by Crippen LogP contribution is -2.45. The predicted octanol–water partition coefficient (Wildman–Crippen LogP) is 3.30. The van der Waals surface area contributed by atoms with Gasteiger partial charge in [0.1, 0.15) is 24.0 Å². The highest BCUT2D eigenvalue weighted by Gasteiger charge is 2.36. The van der Waals surface area contributed by atoms with Gasteiger partial charge in [-0.1, -0.05) is 24.6 Å². The molecule has 4 atom stereocenters. The van der Waals surface area contributed by atoms with Crippen molar-refractivity contribution in [2.45, 2.75) is 57.8 Å². The molecule has 1 aromatic carbocycles. The number of hydrogen-bond donors (Lipinski definition) is 1. The molecule has 1 aliphatic rings. The minimum absolute atomic E-state index is 0.0143. The first-order chi connectivity index (χ1) is 18.8. The molecule has 3 rings (SSSR count). The van der Waals surface area contributed by atoms with Crippen LogP contribution in [0.3, 0.4) is 0 Å². The lowest BCUT2D eigenvalue weighted by atomic mass is 9.89. The van der Waals surface area contributed by atoms with Gasteiger partial charge < -0.3 is 33.7 Å². The number of aromatic nitrogens is 1. The van der Waals surface area contributed by atoms with Crippen molar-refractivity contribution < 1.29 is 42.8 Å². The fourth-order valence-electron chi connectivity index (χ4n) is 4.43. The van der Waals surface area contributed by atoms with Crippen molar-refractivity contribution in [2.75, 3.05) is 27.6 Å². The van der Waals surface area contributed by atoms with E-state index in [-0.39, 0.29) is 23.1 Å². The lowest BCUT2D eigenvalue weighted by Gasteiger charge is -2.31. The zero-order valence-electron chi connectivity index (χ0n) is 22.7. The van der Waals surface area contributed by atoms with E-state index in [9.17, 15) is 14.4 Å². The van der Waals surface area contributed by atoms with E-state index in [1.165, 1.54) is 26.3 Å². The largest absolute Gasteiger partial charge is 0.493 e. The van der Waals surface area contributed by atoms with E-state index in [1.54, 1.807) is 14.0 Å². The molecule has 1 N–H and O–H groups in total. The number of ether oxygens (including phenoxy) is 6. The molecule has 11 nitrogen and oxygen atoms in total. The van der Waals surface area contributed by atoms with Crippen LogP contribution in [0.25, 0.3) is 0 Å². The smallest absolute Gasteiger partial charge is 0.329 e. The number of amides is 1. The summed E-state index contributed by atoms with van der Waals surface area (Å²) < 4.78 is 33.0. The third-order valence-electron chi connectivity index (χ3n) is 6.36. The van der Waals surface area contributed by atoms with E-state index in [0.29, 0.717) is 25.2 Å². The number of carbonyl (C=O) groups is 3. The second-order valence-corrected chi connectivity index (χ2v) is 9.13. The van der Waals surface area contributed by atoms with Gasteiger partial charge in [0.2, 0.25) is 6.79 Å². The van der Waals surface area contributed by atoms with Gasteiger partial charge in [0.15, 0.2) is 17.2 Å². The Balaban J connectivity index is 1.78. The summed E-state index contributed by atoms with van der Waals surface area (Å²) in [6.45, 7) is 3.13. The van der Waals surface area contributed by atoms with Crippen LogP contribution in [0.5, 0.6) is 17.2 Å². The molecule has 1 fully saturated rings. The highest BCUT2D eigenvalue weighted by Crippen LogP contribution is 2.31. The van der Waals surface area contributed by atoms with Gasteiger partial charge in [-0.3, -0.25) is 9.59 Å². The first-order valence-corrected chi connectivity index (χ1v) is 12.8. The first kappa shape index (κ1) is 29.7. The maximum atomic E-state index is 13.3. The summed E-state index contributed by atoms with van der Waals surface area (Å²) in [5, 5.41) is 2.73. The number of carbonyl (C=O) groups excluding carboxylic acids is 3. The molecule has 0 spiro atoms. The van der Waals surface area contributed by atoms with E-state index in [0.717, 1.165) is 12.8 Å². The number of nitrogens with zero attached hydrogens (tertiary/aromatic N) is 1. The van der Waals surface area contributed by atoms with Gasteiger partial charge in [-0.05, 0) is 38.3 Å². The minimum atomic E-state index is -0.923. The topological polar surface area (TPSA) is 132 Å². The van der Waals surface area contributed by atoms with Crippen molar-refractivity contribution in [3.63, 3.8) is 0 Å². The molecule has 212 valence electrons. The molecule has 0 aliphatic carbocycles. The van der Waals surface area contributed by atoms with Crippen LogP contribution in [-0.2, 0) is 23.8 Å². The third kappa shape index (κ3) is 8.57. The molecule has 11 heteroatoms. The Bertz CT molecular complexity index is 1100. The van der Waals surface area contributed by atoms with Crippen LogP contribution in [0.2, 0.25) is 0 Å². The Hall–Kier alpha value is -3.86. The molecule has 0 bridgehead atoms. The summed E-state index contributed by atoms with van der Waals surface area (Å²) in [6, 6.07) is 9.97. The van der Waals surface area contributed by atoms with E-state index in [1.807, 2.05) is 30.3 Å². The highest BCUT2D eigenvalue weighted by atomic mass is 16.7. The molecule has 2 heterocycles. The van der Waals surface area contributed by atoms with Crippen LogP contribution < -0.4 is 19.5 Å². The zero-order chi connectivity index (χ0) is 28.2. The van der Waals surface area contributed by atoms with Gasteiger partial charge in [0, 0.05) is 38.8 Å². The van der Waals surface area contributed by atoms with Crippen LogP contribution in [0.1, 0.15) is 50.0 Å². The Kier molecular flexibility index (Phi) is 11.4. The molecule has 1 aromatic heterocycles. The van der Waals surface area contributed by atoms with Gasteiger partial charge in [0.05, 0.1) is 7.11 Å². The van der Waals surface area contributed by atoms with Gasteiger partial charge in [-0.2, -0.15) is 0 Å². The monoisotopic (exact) mass is 544 g/mol. The Morgan fingerprint density at radius 2 is 1.90 bits per heavy atom. The average Bonchev–Trinajstić information content (AvgIpc) is 2.97. The normalized spacial score (nSPS) is 21.4. The second-order valence-electron chi connectivity index (χ2n) is 9.13. The van der Waals surface area contributed by atoms with Crippen molar-refractivity contribution in [1.29, 1.82) is 0 Å². The molecular weight excluding hydrogens is 508 g/mol. The number of esters is 2. The number of hydrogen-bond acceptors (Lipinski definition) is 10. The molecule has 0 radical (unpaired) electrons. The van der Waals surface area contributed by atoms with Crippen molar-refractivity contribution in [1.82, 2.24) is 10.3 Å². The van der Waals surface area contributed by atoms with Crippen molar-refractivity contribution in [3.05, 3.63) is 48.3 Å². The van der Waals surface area contributed by atoms with Crippen LogP contribution in [-0.4, -0.2) is 68.7 Å². The van der Waals surface area contributed by atoms with E-state index in [2.05, 4.69) is 10.3 Å². The molecular formula is C28H36N2O9. The van der Waals surface area contributed by atoms with Gasteiger partial charge in [-0.25, -0.2) is 9.78 Å². The minimum Gasteiger partial charge on any atom is -0.493 e. The molecule has 0 saturated carbocycles. The molecule has 2 aromatic rings. The standard InChI is InChI=1S/C28H36N2O9/c1-18-25(39-21-10-6-5-7-11-21)20(14-16-34-3)9-8-12-22(28(33)38-18)30-27(32)24-26(37-17-36-19(2)31)23(35-4)13-15-29-24/h5-7,10-11,13,15,18,20,22,25H,8-9,12,14,16-17H2,1-4H3,(H,30,32)/t18-,20+,22-,25-/m0/s1. The van der Waals surface area contributed by atoms with E-state index < -0.39 is 42.9 Å². The molecule has 39 heavy (non-hydrogen) atoms. The summed E-state index contributed by atoms with van der Waals surface area (Å²) >= 11 is 0. The van der Waals surface area contributed by atoms with Crippen LogP contribution >= 0.6 is 0 Å². The van der Waals surface area contributed by atoms with Crippen LogP contribution in [0, 0.1) is 5.92 Å². The fourth-order valence-corrected chi connectivity index (χ4v) is 4.43. The third-order valence-corrected chi connectivity index (χ3v) is 6.36. The summed E-state index contributed by atoms with van der Waals surface area (Å²) in [4.78, 5) is 41.7. The molecule has 1 aliphatic heterocycles. The predicted molar refractivity (Wildman–Crippen MR) is 140 cm³/mol. The average molecular weight is 545 g/mol. The Labute approximate surface area is 228 Å².